The van der Waals surface area contributed by atoms with E-state index in [1.165, 1.54) is 17.6 Å². The summed E-state index contributed by atoms with van der Waals surface area (Å²) in [6, 6.07) is 8.42. The second-order valence-corrected chi connectivity index (χ2v) is 4.77. The van der Waals surface area contributed by atoms with E-state index < -0.39 is 0 Å². The maximum atomic E-state index is 4.25. The highest BCUT2D eigenvalue weighted by molar-refractivity contribution is 5.85. The van der Waals surface area contributed by atoms with E-state index in [0.717, 1.165) is 16.9 Å². The molecule has 3 rings (SSSR count). The first-order valence-electron chi connectivity index (χ1n) is 6.38. The van der Waals surface area contributed by atoms with Crippen molar-refractivity contribution in [2.45, 2.75) is 6.54 Å². The lowest BCUT2D eigenvalue weighted by Crippen LogP contribution is -2.08. The van der Waals surface area contributed by atoms with Crippen molar-refractivity contribution in [3.63, 3.8) is 0 Å². The van der Waals surface area contributed by atoms with Crippen LogP contribution in [0.2, 0.25) is 0 Å². The van der Waals surface area contributed by atoms with Crippen LogP contribution in [0.1, 0.15) is 5.56 Å². The van der Waals surface area contributed by atoms with Gasteiger partial charge in [0.25, 0.3) is 0 Å². The van der Waals surface area contributed by atoms with Gasteiger partial charge in [-0.25, -0.2) is 9.97 Å². The van der Waals surface area contributed by atoms with E-state index in [1.807, 2.05) is 14.1 Å². The van der Waals surface area contributed by atoms with Crippen LogP contribution in [0.4, 0.5) is 11.5 Å². The predicted molar refractivity (Wildman–Crippen MR) is 79.8 cm³/mol. The van der Waals surface area contributed by atoms with Crippen LogP contribution in [0.3, 0.4) is 0 Å². The lowest BCUT2D eigenvalue weighted by molar-refractivity contribution is 1.08. The number of aromatic amines is 1. The molecule has 0 aliphatic rings. The Morgan fingerprint density at radius 1 is 1.15 bits per heavy atom. The fraction of sp³-hybridized carbons (Fsp3) is 0.214. The molecule has 2 N–H and O–H groups in total. The lowest BCUT2D eigenvalue weighted by Gasteiger charge is -2.13. The van der Waals surface area contributed by atoms with Crippen LogP contribution in [0.5, 0.6) is 0 Å². The largest absolute Gasteiger partial charge is 0.378 e. The Morgan fingerprint density at radius 3 is 2.70 bits per heavy atom. The van der Waals surface area contributed by atoms with Gasteiger partial charge in [-0.05, 0) is 17.7 Å². The maximum Gasteiger partial charge on any atom is 0.160 e. The minimum atomic E-state index is 0.713. The summed E-state index contributed by atoms with van der Waals surface area (Å²) in [7, 11) is 4.06. The minimum Gasteiger partial charge on any atom is -0.378 e. The van der Waals surface area contributed by atoms with Gasteiger partial charge in [0.1, 0.15) is 12.1 Å². The molecule has 2 aromatic heterocycles. The number of anilines is 2. The number of hydrogen-bond acceptors (Lipinski definition) is 5. The molecule has 0 fully saturated rings. The summed E-state index contributed by atoms with van der Waals surface area (Å²) < 4.78 is 0. The Hall–Kier alpha value is -2.63. The van der Waals surface area contributed by atoms with E-state index in [-0.39, 0.29) is 0 Å². The predicted octanol–water partition coefficient (Wildman–Crippen LogP) is 2.03. The Bertz CT molecular complexity index is 701. The van der Waals surface area contributed by atoms with E-state index in [1.54, 1.807) is 6.20 Å². The summed E-state index contributed by atoms with van der Waals surface area (Å²) in [6.07, 6.45) is 3.25. The monoisotopic (exact) mass is 268 g/mol. The molecule has 6 heteroatoms. The molecule has 0 unspecified atom stereocenters. The van der Waals surface area contributed by atoms with Gasteiger partial charge in [-0.1, -0.05) is 12.1 Å². The van der Waals surface area contributed by atoms with Crippen LogP contribution in [0.15, 0.2) is 36.8 Å². The standard InChI is InChI=1S/C14H16N6/c1-20(2)11-5-3-10(4-6-11)7-15-13-12-8-18-19-14(12)17-9-16-13/h3-6,8-9H,7H2,1-2H3,(H2,15,16,17,18,19). The summed E-state index contributed by atoms with van der Waals surface area (Å²) in [5, 5.41) is 11.0. The van der Waals surface area contributed by atoms with Gasteiger partial charge >= 0.3 is 0 Å². The Morgan fingerprint density at radius 2 is 1.95 bits per heavy atom. The number of nitrogens with zero attached hydrogens (tertiary/aromatic N) is 4. The molecule has 3 aromatic rings. The number of aromatic nitrogens is 4. The second-order valence-electron chi connectivity index (χ2n) is 4.77. The summed E-state index contributed by atoms with van der Waals surface area (Å²) in [4.78, 5) is 10.4. The summed E-state index contributed by atoms with van der Waals surface area (Å²) in [6.45, 7) is 0.713. The summed E-state index contributed by atoms with van der Waals surface area (Å²) >= 11 is 0. The third-order valence-electron chi connectivity index (χ3n) is 3.16. The van der Waals surface area contributed by atoms with Crippen LogP contribution in [0, 0.1) is 0 Å². The number of rotatable bonds is 4. The molecule has 6 nitrogen and oxygen atoms in total. The third-order valence-corrected chi connectivity index (χ3v) is 3.16. The number of H-pyrrole nitrogens is 1. The number of nitrogens with one attached hydrogen (secondary N) is 2. The highest BCUT2D eigenvalue weighted by Gasteiger charge is 2.04. The van der Waals surface area contributed by atoms with E-state index in [2.05, 4.69) is 54.6 Å². The Balaban J connectivity index is 1.74. The van der Waals surface area contributed by atoms with Crippen molar-refractivity contribution >= 4 is 22.5 Å². The van der Waals surface area contributed by atoms with Crippen molar-refractivity contribution in [1.82, 2.24) is 20.2 Å². The van der Waals surface area contributed by atoms with Gasteiger partial charge in [0.05, 0.1) is 11.6 Å². The van der Waals surface area contributed by atoms with E-state index >= 15 is 0 Å². The molecule has 0 bridgehead atoms. The van der Waals surface area contributed by atoms with Crippen LogP contribution in [-0.4, -0.2) is 34.3 Å². The molecule has 0 saturated carbocycles. The van der Waals surface area contributed by atoms with Gasteiger partial charge in [0, 0.05) is 26.3 Å². The topological polar surface area (TPSA) is 69.7 Å². The first-order valence-corrected chi connectivity index (χ1v) is 6.38. The Kier molecular flexibility index (Phi) is 3.20. The first kappa shape index (κ1) is 12.4. The zero-order valence-electron chi connectivity index (χ0n) is 11.5. The van der Waals surface area contributed by atoms with Crippen molar-refractivity contribution in [1.29, 1.82) is 0 Å². The van der Waals surface area contributed by atoms with Gasteiger partial charge in [-0.3, -0.25) is 5.10 Å². The van der Waals surface area contributed by atoms with E-state index in [9.17, 15) is 0 Å². The zero-order valence-corrected chi connectivity index (χ0v) is 11.5. The van der Waals surface area contributed by atoms with Gasteiger partial charge in [0.15, 0.2) is 5.65 Å². The molecule has 0 saturated heterocycles. The van der Waals surface area contributed by atoms with Crippen LogP contribution in [-0.2, 0) is 6.54 Å². The molecule has 0 atom stereocenters. The van der Waals surface area contributed by atoms with Crippen molar-refractivity contribution in [2.75, 3.05) is 24.3 Å². The molecular weight excluding hydrogens is 252 g/mol. The smallest absolute Gasteiger partial charge is 0.160 e. The second kappa shape index (κ2) is 5.16. The highest BCUT2D eigenvalue weighted by Crippen LogP contribution is 2.18. The fourth-order valence-electron chi connectivity index (χ4n) is 2.00. The van der Waals surface area contributed by atoms with Crippen molar-refractivity contribution < 1.29 is 0 Å². The molecule has 1 aromatic carbocycles. The maximum absolute atomic E-state index is 4.25. The SMILES string of the molecule is CN(C)c1ccc(CNc2ncnc3[nH]ncc23)cc1. The molecule has 0 aliphatic carbocycles. The fourth-order valence-corrected chi connectivity index (χ4v) is 2.00. The first-order chi connectivity index (χ1) is 9.74. The van der Waals surface area contributed by atoms with E-state index in [0.29, 0.717) is 6.54 Å². The molecule has 0 aliphatic heterocycles. The number of hydrogen-bond donors (Lipinski definition) is 2. The molecule has 2 heterocycles. The summed E-state index contributed by atoms with van der Waals surface area (Å²) in [5.74, 6) is 0.792. The average Bonchev–Trinajstić information content (AvgIpc) is 2.94. The van der Waals surface area contributed by atoms with Gasteiger partial charge in [-0.15, -0.1) is 0 Å². The van der Waals surface area contributed by atoms with Crippen LogP contribution in [0.25, 0.3) is 11.0 Å². The van der Waals surface area contributed by atoms with E-state index in [4.69, 9.17) is 0 Å². The average molecular weight is 268 g/mol. The van der Waals surface area contributed by atoms with Crippen LogP contribution < -0.4 is 10.2 Å². The summed E-state index contributed by atoms with van der Waals surface area (Å²) in [5.41, 5.74) is 3.13. The molecule has 0 radical (unpaired) electrons. The Labute approximate surface area is 116 Å². The highest BCUT2D eigenvalue weighted by atomic mass is 15.2. The molecule has 0 amide bonds. The zero-order chi connectivity index (χ0) is 13.9. The van der Waals surface area contributed by atoms with Crippen molar-refractivity contribution in [3.8, 4) is 0 Å². The van der Waals surface area contributed by atoms with Gasteiger partial charge in [-0.2, -0.15) is 5.10 Å². The van der Waals surface area contributed by atoms with Gasteiger partial charge < -0.3 is 10.2 Å². The third kappa shape index (κ3) is 2.40. The van der Waals surface area contributed by atoms with Crippen LogP contribution >= 0.6 is 0 Å². The quantitative estimate of drug-likeness (QED) is 0.757. The number of benzene rings is 1. The van der Waals surface area contributed by atoms with Crippen molar-refractivity contribution in [3.05, 3.63) is 42.4 Å². The van der Waals surface area contributed by atoms with Crippen molar-refractivity contribution in [2.24, 2.45) is 0 Å². The van der Waals surface area contributed by atoms with Gasteiger partial charge in [0.2, 0.25) is 0 Å². The molecule has 0 spiro atoms. The lowest BCUT2D eigenvalue weighted by atomic mass is 10.2. The molecule has 20 heavy (non-hydrogen) atoms. The normalized spacial score (nSPS) is 10.7. The number of fused-ring (bicyclic) bond motifs is 1. The molecular formula is C14H16N6. The minimum absolute atomic E-state index is 0.713. The molecule has 102 valence electrons.